The van der Waals surface area contributed by atoms with Crippen LogP contribution >= 0.6 is 11.6 Å². The van der Waals surface area contributed by atoms with E-state index < -0.39 is 10.0 Å². The van der Waals surface area contributed by atoms with E-state index in [0.29, 0.717) is 17.1 Å². The molecule has 5 nitrogen and oxygen atoms in total. The van der Waals surface area contributed by atoms with Gasteiger partial charge in [-0.05, 0) is 48.7 Å². The molecule has 0 saturated heterocycles. The molecule has 0 aliphatic carbocycles. The second kappa shape index (κ2) is 7.12. The molecule has 3 N–H and O–H groups in total. The van der Waals surface area contributed by atoms with Gasteiger partial charge >= 0.3 is 0 Å². The minimum absolute atomic E-state index is 0.0556. The fraction of sp³-hybridized carbons (Fsp3) is 0.188. The molecule has 0 atom stereocenters. The van der Waals surface area contributed by atoms with Crippen molar-refractivity contribution >= 4 is 33.2 Å². The first-order valence-corrected chi connectivity index (χ1v) is 8.86. The summed E-state index contributed by atoms with van der Waals surface area (Å²) in [5.41, 5.74) is 2.45. The third-order valence-corrected chi connectivity index (χ3v) is 4.68. The normalized spacial score (nSPS) is 11.3. The molecule has 0 saturated carbocycles. The molecule has 0 unspecified atom stereocenters. The molecule has 23 heavy (non-hydrogen) atoms. The lowest BCUT2D eigenvalue weighted by Gasteiger charge is -2.07. The lowest BCUT2D eigenvalue weighted by Crippen LogP contribution is -2.13. The van der Waals surface area contributed by atoms with Gasteiger partial charge in [0.25, 0.3) is 0 Å². The van der Waals surface area contributed by atoms with E-state index in [1.54, 1.807) is 24.3 Å². The molecule has 2 aromatic rings. The number of primary sulfonamides is 1. The molecule has 0 heterocycles. The number of amides is 1. The van der Waals surface area contributed by atoms with Crippen LogP contribution in [0.2, 0.25) is 5.02 Å². The summed E-state index contributed by atoms with van der Waals surface area (Å²) in [7, 11) is -3.69. The van der Waals surface area contributed by atoms with Crippen LogP contribution in [-0.4, -0.2) is 14.3 Å². The first-order chi connectivity index (χ1) is 10.8. The van der Waals surface area contributed by atoms with Gasteiger partial charge in [-0.25, -0.2) is 13.6 Å². The largest absolute Gasteiger partial charge is 0.326 e. The highest BCUT2D eigenvalue weighted by molar-refractivity contribution is 7.89. The Labute approximate surface area is 140 Å². The van der Waals surface area contributed by atoms with Crippen molar-refractivity contribution in [1.29, 1.82) is 0 Å². The van der Waals surface area contributed by atoms with Gasteiger partial charge in [-0.3, -0.25) is 4.79 Å². The van der Waals surface area contributed by atoms with Crippen molar-refractivity contribution in [2.75, 3.05) is 5.32 Å². The van der Waals surface area contributed by atoms with E-state index in [4.69, 9.17) is 16.7 Å². The molecule has 1 amide bonds. The highest BCUT2D eigenvalue weighted by Gasteiger charge is 2.08. The molecular weight excluding hydrogens is 336 g/mol. The Morgan fingerprint density at radius 2 is 1.83 bits per heavy atom. The fourth-order valence-corrected chi connectivity index (χ4v) is 2.69. The average Bonchev–Trinajstić information content (AvgIpc) is 2.48. The molecule has 7 heteroatoms. The summed E-state index contributed by atoms with van der Waals surface area (Å²) < 4.78 is 22.3. The van der Waals surface area contributed by atoms with E-state index in [1.165, 1.54) is 12.1 Å². The van der Waals surface area contributed by atoms with Gasteiger partial charge in [0, 0.05) is 17.1 Å². The molecule has 0 aromatic heterocycles. The first kappa shape index (κ1) is 17.5. The molecule has 0 radical (unpaired) electrons. The Morgan fingerprint density at radius 1 is 1.17 bits per heavy atom. The topological polar surface area (TPSA) is 89.3 Å². The number of halogens is 1. The smallest absolute Gasteiger partial charge is 0.238 e. The molecule has 2 aromatic carbocycles. The molecule has 0 spiro atoms. The summed E-state index contributed by atoms with van der Waals surface area (Å²) in [4.78, 5) is 12.0. The maximum atomic E-state index is 11.9. The summed E-state index contributed by atoms with van der Waals surface area (Å²) in [6.07, 6.45) is 0.774. The van der Waals surface area contributed by atoms with E-state index >= 15 is 0 Å². The zero-order chi connectivity index (χ0) is 17.0. The van der Waals surface area contributed by atoms with Gasteiger partial charge in [-0.2, -0.15) is 0 Å². The summed E-state index contributed by atoms with van der Waals surface area (Å²) in [6.45, 7) is 1.89. The fourth-order valence-electron chi connectivity index (χ4n) is 2.00. The monoisotopic (exact) mass is 352 g/mol. The van der Waals surface area contributed by atoms with Crippen LogP contribution in [0.5, 0.6) is 0 Å². The van der Waals surface area contributed by atoms with Crippen molar-refractivity contribution in [2.24, 2.45) is 5.14 Å². The number of hydrogen-bond donors (Lipinski definition) is 2. The second-order valence-corrected chi connectivity index (χ2v) is 7.17. The molecule has 122 valence electrons. The third kappa shape index (κ3) is 5.06. The molecule has 0 aliphatic heterocycles. The van der Waals surface area contributed by atoms with E-state index in [0.717, 1.165) is 11.1 Å². The van der Waals surface area contributed by atoms with Crippen molar-refractivity contribution < 1.29 is 13.2 Å². The van der Waals surface area contributed by atoms with Gasteiger partial charge < -0.3 is 5.32 Å². The highest BCUT2D eigenvalue weighted by Crippen LogP contribution is 2.20. The second-order valence-electron chi connectivity index (χ2n) is 5.20. The van der Waals surface area contributed by atoms with E-state index in [2.05, 4.69) is 5.32 Å². The molecule has 0 aliphatic rings. The quantitative estimate of drug-likeness (QED) is 0.867. The lowest BCUT2D eigenvalue weighted by molar-refractivity contribution is -0.116. The van der Waals surface area contributed by atoms with Crippen molar-refractivity contribution in [3.05, 3.63) is 58.6 Å². The third-order valence-electron chi connectivity index (χ3n) is 3.35. The number of nitrogens with two attached hydrogens (primary N) is 1. The van der Waals surface area contributed by atoms with Crippen LogP contribution < -0.4 is 10.5 Å². The minimum Gasteiger partial charge on any atom is -0.326 e. The zero-order valence-electron chi connectivity index (χ0n) is 12.5. The van der Waals surface area contributed by atoms with Crippen molar-refractivity contribution in [3.63, 3.8) is 0 Å². The van der Waals surface area contributed by atoms with E-state index in [-0.39, 0.29) is 17.2 Å². The molecule has 2 rings (SSSR count). The van der Waals surface area contributed by atoms with E-state index in [9.17, 15) is 13.2 Å². The van der Waals surface area contributed by atoms with Crippen LogP contribution in [0.25, 0.3) is 0 Å². The van der Waals surface area contributed by atoms with Crippen molar-refractivity contribution in [2.45, 2.75) is 24.7 Å². The maximum Gasteiger partial charge on any atom is 0.238 e. The minimum atomic E-state index is -3.69. The van der Waals surface area contributed by atoms with Crippen LogP contribution in [0, 0.1) is 6.92 Å². The number of aryl methyl sites for hydroxylation is 2. The number of carbonyl (C=O) groups excluding carboxylic acids is 1. The van der Waals surface area contributed by atoms with Crippen LogP contribution in [0.4, 0.5) is 5.69 Å². The number of sulfonamides is 1. The highest BCUT2D eigenvalue weighted by atomic mass is 35.5. The molecule has 0 bridgehead atoms. The summed E-state index contributed by atoms with van der Waals surface area (Å²) >= 11 is 6.01. The average molecular weight is 353 g/mol. The SMILES string of the molecule is Cc1ccc(NC(=O)CCc2ccc(S(N)(=O)=O)cc2)cc1Cl. The van der Waals surface area contributed by atoms with Crippen molar-refractivity contribution in [3.8, 4) is 0 Å². The van der Waals surface area contributed by atoms with Crippen molar-refractivity contribution in [1.82, 2.24) is 0 Å². The zero-order valence-corrected chi connectivity index (χ0v) is 14.1. The molecule has 0 fully saturated rings. The van der Waals surface area contributed by atoms with Crippen LogP contribution in [0.3, 0.4) is 0 Å². The Kier molecular flexibility index (Phi) is 5.41. The summed E-state index contributed by atoms with van der Waals surface area (Å²) in [5, 5.41) is 8.41. The van der Waals surface area contributed by atoms with Crippen LogP contribution in [0.15, 0.2) is 47.4 Å². The van der Waals surface area contributed by atoms with Gasteiger partial charge in [0.15, 0.2) is 0 Å². The number of benzene rings is 2. The number of carbonyl (C=O) groups is 1. The van der Waals surface area contributed by atoms with Gasteiger partial charge in [-0.15, -0.1) is 0 Å². The number of rotatable bonds is 5. The summed E-state index contributed by atoms with van der Waals surface area (Å²) in [6, 6.07) is 11.5. The summed E-state index contributed by atoms with van der Waals surface area (Å²) in [5.74, 6) is -0.138. The van der Waals surface area contributed by atoms with Gasteiger partial charge in [0.2, 0.25) is 15.9 Å². The number of nitrogens with one attached hydrogen (secondary N) is 1. The van der Waals surface area contributed by atoms with E-state index in [1.807, 2.05) is 13.0 Å². The Balaban J connectivity index is 1.92. The predicted octanol–water partition coefficient (Wildman–Crippen LogP) is 2.87. The number of hydrogen-bond acceptors (Lipinski definition) is 3. The van der Waals surface area contributed by atoms with Gasteiger partial charge in [-0.1, -0.05) is 29.8 Å². The maximum absolute atomic E-state index is 11.9. The van der Waals surface area contributed by atoms with Crippen LogP contribution in [-0.2, 0) is 21.2 Å². The molecular formula is C16H17ClN2O3S. The van der Waals surface area contributed by atoms with Gasteiger partial charge in [0.1, 0.15) is 0 Å². The predicted molar refractivity (Wildman–Crippen MR) is 91.0 cm³/mol. The Morgan fingerprint density at radius 3 is 2.39 bits per heavy atom. The first-order valence-electron chi connectivity index (χ1n) is 6.93. The number of anilines is 1. The standard InChI is InChI=1S/C16H17ClN2O3S/c1-11-2-6-13(10-15(11)17)19-16(20)9-5-12-3-7-14(8-4-12)23(18,21)22/h2-4,6-8,10H,5,9H2,1H3,(H,19,20)(H2,18,21,22). The Hall–Kier alpha value is -1.89. The lowest BCUT2D eigenvalue weighted by atomic mass is 10.1. The van der Waals surface area contributed by atoms with Gasteiger partial charge in [0.05, 0.1) is 4.90 Å². The Bertz CT molecular complexity index is 818. The van der Waals surface area contributed by atoms with Crippen LogP contribution in [0.1, 0.15) is 17.5 Å².